The van der Waals surface area contributed by atoms with Crippen LogP contribution in [0.2, 0.25) is 0 Å². The summed E-state index contributed by atoms with van der Waals surface area (Å²) >= 11 is 0. The number of rotatable bonds is 3. The highest BCUT2D eigenvalue weighted by Gasteiger charge is 2.38. The van der Waals surface area contributed by atoms with Crippen LogP contribution in [0.5, 0.6) is 0 Å². The highest BCUT2D eigenvalue weighted by Crippen LogP contribution is 2.41. The molecule has 2 heteroatoms. The molecule has 2 aliphatic carbocycles. The van der Waals surface area contributed by atoms with Crippen molar-refractivity contribution in [3.8, 4) is 0 Å². The number of aliphatic hydroxyl groups is 1. The molecule has 18 heavy (non-hydrogen) atoms. The van der Waals surface area contributed by atoms with Crippen LogP contribution in [0.3, 0.4) is 0 Å². The van der Waals surface area contributed by atoms with Crippen molar-refractivity contribution in [3.05, 3.63) is 0 Å². The van der Waals surface area contributed by atoms with Crippen molar-refractivity contribution in [2.45, 2.75) is 84.3 Å². The van der Waals surface area contributed by atoms with Crippen molar-refractivity contribution in [1.82, 2.24) is 5.32 Å². The van der Waals surface area contributed by atoms with Gasteiger partial charge in [0.25, 0.3) is 0 Å². The molecule has 0 aliphatic heterocycles. The Morgan fingerprint density at radius 1 is 0.944 bits per heavy atom. The van der Waals surface area contributed by atoms with Crippen LogP contribution in [0, 0.1) is 10.8 Å². The molecule has 0 spiro atoms. The molecule has 2 aliphatic rings. The molecular formula is C16H31NO. The van der Waals surface area contributed by atoms with Gasteiger partial charge in [-0.25, -0.2) is 0 Å². The predicted molar refractivity (Wildman–Crippen MR) is 76.6 cm³/mol. The molecule has 0 amide bonds. The normalized spacial score (nSPS) is 33.5. The third-order valence-corrected chi connectivity index (χ3v) is 5.22. The standard InChI is InChI=1S/C16H31NO/c1-14(2)7-9-16(18,10-8-14)12-17-13-5-6-15(3,4)11-13/h13,17-18H,5-12H2,1-4H3. The van der Waals surface area contributed by atoms with Crippen LogP contribution in [0.1, 0.15) is 72.6 Å². The van der Waals surface area contributed by atoms with E-state index in [2.05, 4.69) is 33.0 Å². The maximum Gasteiger partial charge on any atom is 0.0772 e. The molecule has 0 heterocycles. The zero-order valence-electron chi connectivity index (χ0n) is 12.7. The second-order valence-corrected chi connectivity index (χ2v) is 8.37. The molecule has 0 saturated heterocycles. The number of hydrogen-bond donors (Lipinski definition) is 2. The van der Waals surface area contributed by atoms with E-state index in [9.17, 15) is 5.11 Å². The highest BCUT2D eigenvalue weighted by atomic mass is 16.3. The largest absolute Gasteiger partial charge is 0.389 e. The molecule has 1 atom stereocenters. The van der Waals surface area contributed by atoms with E-state index in [1.165, 1.54) is 19.3 Å². The smallest absolute Gasteiger partial charge is 0.0772 e. The van der Waals surface area contributed by atoms with Gasteiger partial charge in [0.05, 0.1) is 5.60 Å². The summed E-state index contributed by atoms with van der Waals surface area (Å²) in [4.78, 5) is 0. The van der Waals surface area contributed by atoms with Crippen molar-refractivity contribution in [3.63, 3.8) is 0 Å². The van der Waals surface area contributed by atoms with E-state index in [4.69, 9.17) is 0 Å². The lowest BCUT2D eigenvalue weighted by Crippen LogP contribution is -2.47. The Morgan fingerprint density at radius 2 is 1.56 bits per heavy atom. The molecule has 0 bridgehead atoms. The molecule has 2 nitrogen and oxygen atoms in total. The van der Waals surface area contributed by atoms with Gasteiger partial charge in [-0.2, -0.15) is 0 Å². The van der Waals surface area contributed by atoms with Gasteiger partial charge in [0.2, 0.25) is 0 Å². The summed E-state index contributed by atoms with van der Waals surface area (Å²) in [6, 6.07) is 0.624. The molecule has 2 fully saturated rings. The predicted octanol–water partition coefficient (Wildman–Crippen LogP) is 3.49. The van der Waals surface area contributed by atoms with Crippen molar-refractivity contribution < 1.29 is 5.11 Å². The minimum Gasteiger partial charge on any atom is -0.389 e. The van der Waals surface area contributed by atoms with Crippen LogP contribution in [0.4, 0.5) is 0 Å². The van der Waals surface area contributed by atoms with Crippen LogP contribution < -0.4 is 5.32 Å². The van der Waals surface area contributed by atoms with Gasteiger partial charge in [0, 0.05) is 12.6 Å². The van der Waals surface area contributed by atoms with E-state index in [0.717, 1.165) is 32.2 Å². The van der Waals surface area contributed by atoms with E-state index in [1.54, 1.807) is 0 Å². The zero-order valence-corrected chi connectivity index (χ0v) is 12.7. The average molecular weight is 253 g/mol. The maximum atomic E-state index is 10.6. The molecule has 0 aromatic rings. The van der Waals surface area contributed by atoms with E-state index in [0.29, 0.717) is 16.9 Å². The van der Waals surface area contributed by atoms with Crippen molar-refractivity contribution in [1.29, 1.82) is 0 Å². The molecule has 1 unspecified atom stereocenters. The van der Waals surface area contributed by atoms with Crippen molar-refractivity contribution in [2.75, 3.05) is 6.54 Å². The summed E-state index contributed by atoms with van der Waals surface area (Å²) in [6.07, 6.45) is 8.08. The van der Waals surface area contributed by atoms with Gasteiger partial charge in [-0.05, 0) is 55.8 Å². The molecule has 2 N–H and O–H groups in total. The Kier molecular flexibility index (Phi) is 3.81. The van der Waals surface area contributed by atoms with Crippen molar-refractivity contribution in [2.24, 2.45) is 10.8 Å². The minimum atomic E-state index is -0.442. The Balaban J connectivity index is 1.77. The lowest BCUT2D eigenvalue weighted by atomic mass is 9.71. The highest BCUT2D eigenvalue weighted by molar-refractivity contribution is 4.93. The maximum absolute atomic E-state index is 10.6. The third-order valence-electron chi connectivity index (χ3n) is 5.22. The molecular weight excluding hydrogens is 222 g/mol. The lowest BCUT2D eigenvalue weighted by molar-refractivity contribution is -0.0261. The fourth-order valence-corrected chi connectivity index (χ4v) is 3.51. The van der Waals surface area contributed by atoms with Crippen molar-refractivity contribution >= 4 is 0 Å². The number of hydrogen-bond acceptors (Lipinski definition) is 2. The van der Waals surface area contributed by atoms with Gasteiger partial charge < -0.3 is 10.4 Å². The first kappa shape index (κ1) is 14.3. The van der Waals surface area contributed by atoms with Gasteiger partial charge >= 0.3 is 0 Å². The first-order valence-corrected chi connectivity index (χ1v) is 7.66. The topological polar surface area (TPSA) is 32.3 Å². The fraction of sp³-hybridized carbons (Fsp3) is 1.00. The van der Waals surface area contributed by atoms with Gasteiger partial charge in [0.1, 0.15) is 0 Å². The molecule has 106 valence electrons. The fourth-order valence-electron chi connectivity index (χ4n) is 3.51. The summed E-state index contributed by atoms with van der Waals surface area (Å²) < 4.78 is 0. The molecule has 2 saturated carbocycles. The summed E-state index contributed by atoms with van der Waals surface area (Å²) in [5.41, 5.74) is 0.485. The summed E-state index contributed by atoms with van der Waals surface area (Å²) in [5.74, 6) is 0. The first-order valence-electron chi connectivity index (χ1n) is 7.66. The Morgan fingerprint density at radius 3 is 2.06 bits per heavy atom. The minimum absolute atomic E-state index is 0.432. The molecule has 0 aromatic carbocycles. The average Bonchev–Trinajstić information content (AvgIpc) is 2.61. The van der Waals surface area contributed by atoms with Gasteiger partial charge in [0.15, 0.2) is 0 Å². The monoisotopic (exact) mass is 253 g/mol. The van der Waals surface area contributed by atoms with E-state index >= 15 is 0 Å². The zero-order chi connectivity index (χ0) is 13.4. The van der Waals surface area contributed by atoms with Crippen LogP contribution in [-0.4, -0.2) is 23.3 Å². The lowest BCUT2D eigenvalue weighted by Gasteiger charge is -2.40. The van der Waals surface area contributed by atoms with Crippen LogP contribution >= 0.6 is 0 Å². The van der Waals surface area contributed by atoms with Gasteiger partial charge in [-0.3, -0.25) is 0 Å². The third kappa shape index (κ3) is 3.71. The SMILES string of the molecule is CC1(C)CCC(O)(CNC2CCC(C)(C)C2)CC1. The molecule has 0 radical (unpaired) electrons. The van der Waals surface area contributed by atoms with Gasteiger partial charge in [-0.15, -0.1) is 0 Å². The Labute approximate surface area is 113 Å². The quantitative estimate of drug-likeness (QED) is 0.807. The van der Waals surface area contributed by atoms with E-state index in [1.807, 2.05) is 0 Å². The van der Waals surface area contributed by atoms with Crippen LogP contribution in [0.25, 0.3) is 0 Å². The van der Waals surface area contributed by atoms with Crippen LogP contribution in [0.15, 0.2) is 0 Å². The summed E-state index contributed by atoms with van der Waals surface area (Å²) in [7, 11) is 0. The van der Waals surface area contributed by atoms with E-state index < -0.39 is 5.60 Å². The number of nitrogens with one attached hydrogen (secondary N) is 1. The van der Waals surface area contributed by atoms with Gasteiger partial charge in [-0.1, -0.05) is 27.7 Å². The second kappa shape index (κ2) is 4.79. The Hall–Kier alpha value is -0.0800. The van der Waals surface area contributed by atoms with Crippen LogP contribution in [-0.2, 0) is 0 Å². The summed E-state index contributed by atoms with van der Waals surface area (Å²) in [5, 5.41) is 14.3. The molecule has 0 aromatic heterocycles. The second-order valence-electron chi connectivity index (χ2n) is 8.37. The Bertz CT molecular complexity index is 285. The first-order chi connectivity index (χ1) is 8.20. The summed E-state index contributed by atoms with van der Waals surface area (Å²) in [6.45, 7) is 10.1. The van der Waals surface area contributed by atoms with E-state index in [-0.39, 0.29) is 0 Å². The molecule has 2 rings (SSSR count).